The monoisotopic (exact) mass is 314 g/mol. The highest BCUT2D eigenvalue weighted by molar-refractivity contribution is 5.80. The summed E-state index contributed by atoms with van der Waals surface area (Å²) in [5.74, 6) is 2.54. The summed E-state index contributed by atoms with van der Waals surface area (Å²) < 4.78 is 1.97. The zero-order valence-corrected chi connectivity index (χ0v) is 14.6. The van der Waals surface area contributed by atoms with Crippen LogP contribution in [0.15, 0.2) is 35.3 Å². The summed E-state index contributed by atoms with van der Waals surface area (Å²) in [6.45, 7) is 9.48. The molecule has 0 radical (unpaired) electrons. The van der Waals surface area contributed by atoms with Crippen LogP contribution in [0.5, 0.6) is 0 Å². The topological polar surface area (TPSA) is 67.1 Å². The molecule has 0 fully saturated rings. The number of nitrogens with one attached hydrogen (secondary N) is 2. The molecule has 1 heterocycles. The fourth-order valence-corrected chi connectivity index (χ4v) is 2.02. The third-order valence-corrected chi connectivity index (χ3v) is 3.35. The van der Waals surface area contributed by atoms with Crippen LogP contribution in [-0.4, -0.2) is 26.3 Å². The van der Waals surface area contributed by atoms with Gasteiger partial charge < -0.3 is 15.2 Å². The summed E-state index contributed by atoms with van der Waals surface area (Å²) in [6, 6.07) is 10.2. The van der Waals surface area contributed by atoms with Crippen molar-refractivity contribution in [2.45, 2.75) is 46.3 Å². The van der Waals surface area contributed by atoms with E-state index in [9.17, 15) is 0 Å². The Morgan fingerprint density at radius 2 is 1.87 bits per heavy atom. The van der Waals surface area contributed by atoms with Crippen LogP contribution in [0.1, 0.15) is 38.0 Å². The van der Waals surface area contributed by atoms with Crippen LogP contribution in [0.2, 0.25) is 0 Å². The molecule has 2 N–H and O–H groups in total. The first-order chi connectivity index (χ1) is 10.8. The number of aromatic nitrogens is 3. The lowest BCUT2D eigenvalue weighted by atomic mass is 10.1. The first-order valence-corrected chi connectivity index (χ1v) is 7.80. The van der Waals surface area contributed by atoms with Crippen molar-refractivity contribution >= 4 is 5.96 Å². The first kappa shape index (κ1) is 17.0. The molecule has 0 saturated carbocycles. The fourth-order valence-electron chi connectivity index (χ4n) is 2.02. The second-order valence-corrected chi connectivity index (χ2v) is 6.60. The third-order valence-electron chi connectivity index (χ3n) is 3.35. The van der Waals surface area contributed by atoms with Gasteiger partial charge in [-0.1, -0.05) is 30.3 Å². The van der Waals surface area contributed by atoms with Crippen LogP contribution in [0.25, 0.3) is 0 Å². The Hall–Kier alpha value is -2.37. The Kier molecular flexibility index (Phi) is 5.36. The van der Waals surface area contributed by atoms with Crippen molar-refractivity contribution < 1.29 is 0 Å². The van der Waals surface area contributed by atoms with Crippen LogP contribution < -0.4 is 10.6 Å². The van der Waals surface area contributed by atoms with Gasteiger partial charge in [0, 0.05) is 12.6 Å². The molecular weight excluding hydrogens is 288 g/mol. The fraction of sp³-hybridized carbons (Fsp3) is 0.471. The molecule has 0 saturated heterocycles. The van der Waals surface area contributed by atoms with Gasteiger partial charge in [0.2, 0.25) is 0 Å². The molecular formula is C17H26N6. The number of aryl methyl sites for hydroxylation is 1. The summed E-state index contributed by atoms with van der Waals surface area (Å²) >= 11 is 0. The van der Waals surface area contributed by atoms with E-state index in [1.54, 1.807) is 0 Å². The zero-order chi connectivity index (χ0) is 16.9. The van der Waals surface area contributed by atoms with Crippen molar-refractivity contribution in [3.8, 4) is 0 Å². The van der Waals surface area contributed by atoms with E-state index in [2.05, 4.69) is 58.7 Å². The van der Waals surface area contributed by atoms with E-state index in [0.717, 1.165) is 17.6 Å². The predicted octanol–water partition coefficient (Wildman–Crippen LogP) is 2.16. The van der Waals surface area contributed by atoms with E-state index in [1.807, 2.05) is 36.7 Å². The molecule has 0 amide bonds. The largest absolute Gasteiger partial charge is 0.352 e. The lowest BCUT2D eigenvalue weighted by Gasteiger charge is -2.24. The predicted molar refractivity (Wildman–Crippen MR) is 93.0 cm³/mol. The van der Waals surface area contributed by atoms with E-state index < -0.39 is 0 Å². The molecule has 0 aliphatic rings. The highest BCUT2D eigenvalue weighted by atomic mass is 15.3. The number of hydrogen-bond donors (Lipinski definition) is 2. The van der Waals surface area contributed by atoms with E-state index >= 15 is 0 Å². The van der Waals surface area contributed by atoms with Gasteiger partial charge in [-0.25, -0.2) is 4.99 Å². The maximum absolute atomic E-state index is 4.67. The van der Waals surface area contributed by atoms with E-state index in [4.69, 9.17) is 0 Å². The molecule has 6 heteroatoms. The number of benzene rings is 1. The van der Waals surface area contributed by atoms with Gasteiger partial charge >= 0.3 is 0 Å². The number of nitrogens with zero attached hydrogens (tertiary/aromatic N) is 4. The lowest BCUT2D eigenvalue weighted by Crippen LogP contribution is -2.47. The van der Waals surface area contributed by atoms with Crippen molar-refractivity contribution in [2.75, 3.05) is 0 Å². The van der Waals surface area contributed by atoms with Crippen LogP contribution in [-0.2, 0) is 20.1 Å². The molecule has 124 valence electrons. The maximum Gasteiger partial charge on any atom is 0.192 e. The van der Waals surface area contributed by atoms with Gasteiger partial charge in [0.05, 0.1) is 13.1 Å². The minimum Gasteiger partial charge on any atom is -0.352 e. The zero-order valence-electron chi connectivity index (χ0n) is 14.6. The van der Waals surface area contributed by atoms with Crippen LogP contribution in [0, 0.1) is 6.92 Å². The van der Waals surface area contributed by atoms with Gasteiger partial charge in [0.15, 0.2) is 11.8 Å². The van der Waals surface area contributed by atoms with Gasteiger partial charge in [-0.2, -0.15) is 0 Å². The molecule has 1 aromatic carbocycles. The molecule has 2 rings (SSSR count). The van der Waals surface area contributed by atoms with Crippen molar-refractivity contribution in [3.05, 3.63) is 47.5 Å². The van der Waals surface area contributed by atoms with Crippen LogP contribution in [0.4, 0.5) is 0 Å². The molecule has 0 aliphatic carbocycles. The summed E-state index contributed by atoms with van der Waals surface area (Å²) in [7, 11) is 1.96. The Balaban J connectivity index is 2.06. The highest BCUT2D eigenvalue weighted by Crippen LogP contribution is 2.03. The number of aliphatic imine (C=N–C) groups is 1. The number of guanidine groups is 1. The van der Waals surface area contributed by atoms with Crippen molar-refractivity contribution in [1.29, 1.82) is 0 Å². The minimum absolute atomic E-state index is 0.0711. The highest BCUT2D eigenvalue weighted by Gasteiger charge is 2.13. The smallest absolute Gasteiger partial charge is 0.192 e. The van der Waals surface area contributed by atoms with Gasteiger partial charge in [0.1, 0.15) is 5.82 Å². The Morgan fingerprint density at radius 3 is 2.43 bits per heavy atom. The number of rotatable bonds is 4. The molecule has 0 atom stereocenters. The van der Waals surface area contributed by atoms with Gasteiger partial charge in [-0.15, -0.1) is 10.2 Å². The maximum atomic E-state index is 4.67. The first-order valence-electron chi connectivity index (χ1n) is 7.80. The quantitative estimate of drug-likeness (QED) is 0.670. The standard InChI is InChI=1S/C17H26N6/c1-13-21-22-15(23(13)5)12-19-16(20-17(2,3)4)18-11-14-9-7-6-8-10-14/h6-10H,11-12H2,1-5H3,(H2,18,19,20). The van der Waals surface area contributed by atoms with Gasteiger partial charge in [-0.3, -0.25) is 0 Å². The average Bonchev–Trinajstić information content (AvgIpc) is 2.81. The third kappa shape index (κ3) is 5.39. The van der Waals surface area contributed by atoms with Crippen molar-refractivity contribution in [1.82, 2.24) is 25.4 Å². The Labute approximate surface area is 138 Å². The van der Waals surface area contributed by atoms with E-state index in [1.165, 1.54) is 5.56 Å². The lowest BCUT2D eigenvalue weighted by molar-refractivity contribution is 0.499. The Bertz CT molecular complexity index is 651. The second kappa shape index (κ2) is 7.26. The Morgan fingerprint density at radius 1 is 1.17 bits per heavy atom. The van der Waals surface area contributed by atoms with Crippen LogP contribution in [0.3, 0.4) is 0 Å². The molecule has 0 bridgehead atoms. The van der Waals surface area contributed by atoms with Crippen molar-refractivity contribution in [3.63, 3.8) is 0 Å². The van der Waals surface area contributed by atoms with E-state index in [0.29, 0.717) is 13.1 Å². The molecule has 6 nitrogen and oxygen atoms in total. The molecule has 0 spiro atoms. The SMILES string of the molecule is Cc1nnc(CNC(=NCc2ccccc2)NC(C)(C)C)n1C. The molecule has 0 unspecified atom stereocenters. The van der Waals surface area contributed by atoms with Gasteiger partial charge in [0.25, 0.3) is 0 Å². The molecule has 23 heavy (non-hydrogen) atoms. The normalized spacial score (nSPS) is 12.3. The molecule has 1 aromatic heterocycles. The summed E-state index contributed by atoms with van der Waals surface area (Å²) in [4.78, 5) is 4.67. The summed E-state index contributed by atoms with van der Waals surface area (Å²) in [5, 5.41) is 15.0. The minimum atomic E-state index is -0.0711. The second-order valence-electron chi connectivity index (χ2n) is 6.60. The number of hydrogen-bond acceptors (Lipinski definition) is 3. The average molecular weight is 314 g/mol. The van der Waals surface area contributed by atoms with Gasteiger partial charge in [-0.05, 0) is 33.3 Å². The summed E-state index contributed by atoms with van der Waals surface area (Å²) in [6.07, 6.45) is 0. The molecule has 0 aliphatic heterocycles. The van der Waals surface area contributed by atoms with Crippen molar-refractivity contribution in [2.24, 2.45) is 12.0 Å². The van der Waals surface area contributed by atoms with Crippen LogP contribution >= 0.6 is 0 Å². The molecule has 2 aromatic rings. The van der Waals surface area contributed by atoms with E-state index in [-0.39, 0.29) is 5.54 Å². The summed E-state index contributed by atoms with van der Waals surface area (Å²) in [5.41, 5.74) is 1.11.